The van der Waals surface area contributed by atoms with Gasteiger partial charge in [0.15, 0.2) is 11.5 Å². The van der Waals surface area contributed by atoms with Gasteiger partial charge in [-0.2, -0.15) is 0 Å². The van der Waals surface area contributed by atoms with Crippen molar-refractivity contribution in [1.82, 2.24) is 4.90 Å². The van der Waals surface area contributed by atoms with Crippen LogP contribution in [0.25, 0.3) is 0 Å². The number of amides is 1. The number of ether oxygens (including phenoxy) is 3. The number of piperidine rings is 1. The Morgan fingerprint density at radius 3 is 2.58 bits per heavy atom. The van der Waals surface area contributed by atoms with E-state index in [-0.39, 0.29) is 23.8 Å². The minimum atomic E-state index is -0.334. The van der Waals surface area contributed by atoms with Gasteiger partial charge >= 0.3 is 5.97 Å². The van der Waals surface area contributed by atoms with Crippen LogP contribution in [0.1, 0.15) is 36.9 Å². The summed E-state index contributed by atoms with van der Waals surface area (Å²) in [5.74, 6) is 0.807. The molecule has 0 aromatic heterocycles. The van der Waals surface area contributed by atoms with Crippen molar-refractivity contribution in [2.75, 3.05) is 27.4 Å². The summed E-state index contributed by atoms with van der Waals surface area (Å²) in [6.45, 7) is 2.75. The van der Waals surface area contributed by atoms with Crippen molar-refractivity contribution in [2.45, 2.75) is 32.2 Å². The van der Waals surface area contributed by atoms with E-state index in [1.807, 2.05) is 17.0 Å². The van der Waals surface area contributed by atoms with E-state index in [4.69, 9.17) is 14.2 Å². The van der Waals surface area contributed by atoms with Crippen LogP contribution in [0.3, 0.4) is 0 Å². The van der Waals surface area contributed by atoms with E-state index in [0.29, 0.717) is 37.5 Å². The van der Waals surface area contributed by atoms with Gasteiger partial charge < -0.3 is 19.1 Å². The van der Waals surface area contributed by atoms with Crippen molar-refractivity contribution in [3.8, 4) is 11.5 Å². The number of esters is 1. The molecular formula is C18H23NO5. The van der Waals surface area contributed by atoms with Gasteiger partial charge in [-0.3, -0.25) is 9.59 Å². The number of carbonyl (C=O) groups excluding carboxylic acids is 2. The zero-order valence-electron chi connectivity index (χ0n) is 14.3. The molecule has 0 saturated carbocycles. The number of nitrogens with zero attached hydrogens (tertiary/aromatic N) is 1. The number of rotatable bonds is 4. The van der Waals surface area contributed by atoms with E-state index in [1.54, 1.807) is 21.1 Å². The van der Waals surface area contributed by atoms with Crippen LogP contribution < -0.4 is 9.47 Å². The fourth-order valence-electron chi connectivity index (χ4n) is 3.77. The first kappa shape index (κ1) is 16.6. The summed E-state index contributed by atoms with van der Waals surface area (Å²) in [5.41, 5.74) is 2.06. The van der Waals surface area contributed by atoms with E-state index in [2.05, 4.69) is 0 Å². The Hall–Kier alpha value is -2.24. The maximum absolute atomic E-state index is 12.4. The standard InChI is InChI=1S/C18H23NO5/c1-4-24-18(21)12-5-6-16(20)19-8-7-11-9-14(22-2)15(23-3)10-13(11)17(12)19/h9-10,12,17H,4-8H2,1-3H3/t12-,17-/m0/s1. The predicted molar refractivity (Wildman–Crippen MR) is 87.1 cm³/mol. The largest absolute Gasteiger partial charge is 0.493 e. The lowest BCUT2D eigenvalue weighted by atomic mass is 9.79. The number of methoxy groups -OCH3 is 2. The molecule has 1 amide bonds. The van der Waals surface area contributed by atoms with Crippen LogP contribution in [-0.4, -0.2) is 44.1 Å². The van der Waals surface area contributed by atoms with Crippen LogP contribution >= 0.6 is 0 Å². The summed E-state index contributed by atoms with van der Waals surface area (Å²) in [4.78, 5) is 26.6. The average Bonchev–Trinajstić information content (AvgIpc) is 2.60. The molecule has 2 atom stereocenters. The summed E-state index contributed by atoms with van der Waals surface area (Å²) in [7, 11) is 3.19. The third-order valence-corrected chi connectivity index (χ3v) is 4.88. The Labute approximate surface area is 141 Å². The number of benzene rings is 1. The highest BCUT2D eigenvalue weighted by atomic mass is 16.5. The molecule has 0 aliphatic carbocycles. The quantitative estimate of drug-likeness (QED) is 0.790. The molecule has 0 unspecified atom stereocenters. The van der Waals surface area contributed by atoms with Gasteiger partial charge in [0.1, 0.15) is 0 Å². The van der Waals surface area contributed by atoms with Gasteiger partial charge in [0.25, 0.3) is 0 Å². The Balaban J connectivity index is 2.06. The van der Waals surface area contributed by atoms with Crippen molar-refractivity contribution in [3.63, 3.8) is 0 Å². The van der Waals surface area contributed by atoms with Crippen LogP contribution in [-0.2, 0) is 20.7 Å². The predicted octanol–water partition coefficient (Wildman–Crippen LogP) is 2.10. The van der Waals surface area contributed by atoms with Gasteiger partial charge in [0.05, 0.1) is 32.8 Å². The maximum atomic E-state index is 12.4. The maximum Gasteiger partial charge on any atom is 0.311 e. The Bertz CT molecular complexity index is 657. The fourth-order valence-corrected chi connectivity index (χ4v) is 3.77. The van der Waals surface area contributed by atoms with Gasteiger partial charge in [0, 0.05) is 13.0 Å². The van der Waals surface area contributed by atoms with Crippen molar-refractivity contribution in [2.24, 2.45) is 5.92 Å². The fraction of sp³-hybridized carbons (Fsp3) is 0.556. The molecule has 2 heterocycles. The highest BCUT2D eigenvalue weighted by Crippen LogP contribution is 2.45. The second-order valence-electron chi connectivity index (χ2n) is 6.09. The zero-order chi connectivity index (χ0) is 17.3. The van der Waals surface area contributed by atoms with Crippen molar-refractivity contribution in [1.29, 1.82) is 0 Å². The van der Waals surface area contributed by atoms with Crippen LogP contribution in [0.2, 0.25) is 0 Å². The van der Waals surface area contributed by atoms with Crippen LogP contribution in [0.15, 0.2) is 12.1 Å². The Kier molecular flexibility index (Phi) is 4.64. The molecule has 1 aromatic carbocycles. The third kappa shape index (κ3) is 2.70. The van der Waals surface area contributed by atoms with Crippen molar-refractivity contribution in [3.05, 3.63) is 23.3 Å². The molecule has 6 nitrogen and oxygen atoms in total. The lowest BCUT2D eigenvalue weighted by Gasteiger charge is -2.44. The SMILES string of the molecule is CCOC(=O)[C@H]1CCC(=O)N2CCc3cc(OC)c(OC)cc3[C@H]12. The Morgan fingerprint density at radius 1 is 1.21 bits per heavy atom. The molecule has 130 valence electrons. The summed E-state index contributed by atoms with van der Waals surface area (Å²) >= 11 is 0. The number of carbonyl (C=O) groups is 2. The molecule has 2 aliphatic rings. The topological polar surface area (TPSA) is 65.1 Å². The monoisotopic (exact) mass is 333 g/mol. The van der Waals surface area contributed by atoms with Gasteiger partial charge in [-0.05, 0) is 43.0 Å². The molecule has 6 heteroatoms. The highest BCUT2D eigenvalue weighted by Gasteiger charge is 2.44. The lowest BCUT2D eigenvalue weighted by Crippen LogP contribution is -2.49. The van der Waals surface area contributed by atoms with Crippen LogP contribution in [0, 0.1) is 5.92 Å². The molecule has 0 spiro atoms. The van der Waals surface area contributed by atoms with Gasteiger partial charge in [0.2, 0.25) is 5.91 Å². The molecule has 1 saturated heterocycles. The lowest BCUT2D eigenvalue weighted by molar-refractivity contribution is -0.157. The van der Waals surface area contributed by atoms with Crippen LogP contribution in [0.5, 0.6) is 11.5 Å². The van der Waals surface area contributed by atoms with E-state index in [9.17, 15) is 9.59 Å². The summed E-state index contributed by atoms with van der Waals surface area (Å²) in [5, 5.41) is 0. The summed E-state index contributed by atoms with van der Waals surface area (Å²) in [6, 6.07) is 3.57. The first-order chi connectivity index (χ1) is 11.6. The second-order valence-corrected chi connectivity index (χ2v) is 6.09. The van der Waals surface area contributed by atoms with Gasteiger partial charge in [-0.25, -0.2) is 0 Å². The van der Waals surface area contributed by atoms with E-state index >= 15 is 0 Å². The molecule has 24 heavy (non-hydrogen) atoms. The minimum absolute atomic E-state index is 0.0981. The zero-order valence-corrected chi connectivity index (χ0v) is 14.3. The molecule has 0 N–H and O–H groups in total. The molecular weight excluding hydrogens is 310 g/mol. The van der Waals surface area contributed by atoms with E-state index in [0.717, 1.165) is 17.5 Å². The first-order valence-corrected chi connectivity index (χ1v) is 8.31. The highest BCUT2D eigenvalue weighted by molar-refractivity contribution is 5.83. The summed E-state index contributed by atoms with van der Waals surface area (Å²) in [6.07, 6.45) is 1.66. The third-order valence-electron chi connectivity index (χ3n) is 4.88. The molecule has 1 aromatic rings. The first-order valence-electron chi connectivity index (χ1n) is 8.31. The number of hydrogen-bond acceptors (Lipinski definition) is 5. The summed E-state index contributed by atoms with van der Waals surface area (Å²) < 4.78 is 16.0. The van der Waals surface area contributed by atoms with Gasteiger partial charge in [-0.1, -0.05) is 0 Å². The smallest absolute Gasteiger partial charge is 0.311 e. The normalized spacial score (nSPS) is 22.5. The number of hydrogen-bond donors (Lipinski definition) is 0. The average molecular weight is 333 g/mol. The molecule has 0 radical (unpaired) electrons. The van der Waals surface area contributed by atoms with Crippen molar-refractivity contribution < 1.29 is 23.8 Å². The Morgan fingerprint density at radius 2 is 1.92 bits per heavy atom. The van der Waals surface area contributed by atoms with Crippen molar-refractivity contribution >= 4 is 11.9 Å². The second kappa shape index (κ2) is 6.71. The molecule has 0 bridgehead atoms. The minimum Gasteiger partial charge on any atom is -0.493 e. The molecule has 3 rings (SSSR count). The molecule has 2 aliphatic heterocycles. The molecule has 1 fully saturated rings. The van der Waals surface area contributed by atoms with E-state index in [1.165, 1.54) is 0 Å². The van der Waals surface area contributed by atoms with E-state index < -0.39 is 0 Å². The van der Waals surface area contributed by atoms with Gasteiger partial charge in [-0.15, -0.1) is 0 Å². The number of fused-ring (bicyclic) bond motifs is 3. The van der Waals surface area contributed by atoms with Crippen LogP contribution in [0.4, 0.5) is 0 Å².